The van der Waals surface area contributed by atoms with Gasteiger partial charge in [-0.2, -0.15) is 0 Å². The molecule has 158 valence electrons. The summed E-state index contributed by atoms with van der Waals surface area (Å²) in [5.41, 5.74) is 0. The maximum Gasteiger partial charge on any atom is 0.319 e. The van der Waals surface area contributed by atoms with Crippen LogP contribution in [0.5, 0.6) is 0 Å². The third kappa shape index (κ3) is 9.23. The van der Waals surface area contributed by atoms with Crippen LogP contribution >= 0.6 is 24.8 Å². The normalized spacial score (nSPS) is 17.3. The van der Waals surface area contributed by atoms with Crippen molar-refractivity contribution in [3.05, 3.63) is 0 Å². The lowest BCUT2D eigenvalue weighted by atomic mass is 10.4. The van der Waals surface area contributed by atoms with E-state index in [1.807, 2.05) is 0 Å². The van der Waals surface area contributed by atoms with Crippen molar-refractivity contribution in [2.75, 3.05) is 54.6 Å². The van der Waals surface area contributed by atoms with Crippen molar-refractivity contribution in [2.45, 2.75) is 18.5 Å². The largest absolute Gasteiger partial charge is 0.468 e. The lowest BCUT2D eigenvalue weighted by Gasteiger charge is -2.24. The monoisotopic (exact) mass is 432 g/mol. The third-order valence-corrected chi connectivity index (χ3v) is 3.90. The Morgan fingerprint density at radius 2 is 0.852 bits per heavy atom. The number of hydrogen-bond acceptors (Lipinski definition) is 10. The van der Waals surface area contributed by atoms with Crippen LogP contribution in [0.1, 0.15) is 6.42 Å². The number of carbonyl (C=O) groups is 4. The van der Waals surface area contributed by atoms with Crippen molar-refractivity contribution in [1.82, 2.24) is 9.80 Å². The summed E-state index contributed by atoms with van der Waals surface area (Å²) in [5.74, 6) is -1.99. The second-order valence-electron chi connectivity index (χ2n) is 5.48. The Labute approximate surface area is 170 Å². The quantitative estimate of drug-likeness (QED) is 0.323. The average molecular weight is 433 g/mol. The fourth-order valence-electron chi connectivity index (χ4n) is 2.46. The first-order valence-corrected chi connectivity index (χ1v) is 7.61. The van der Waals surface area contributed by atoms with Gasteiger partial charge in [0, 0.05) is 12.1 Å². The lowest BCUT2D eigenvalue weighted by molar-refractivity contribution is -0.149. The summed E-state index contributed by atoms with van der Waals surface area (Å²) < 4.78 is 18.6. The summed E-state index contributed by atoms with van der Waals surface area (Å²) in [4.78, 5) is 49.5. The fourth-order valence-corrected chi connectivity index (χ4v) is 2.46. The molecule has 1 saturated carbocycles. The molecule has 2 atom stereocenters. The van der Waals surface area contributed by atoms with Crippen LogP contribution in [0.3, 0.4) is 0 Å². The molecular formula is C15H26Cl2N2O8. The maximum absolute atomic E-state index is 11.6. The zero-order valence-corrected chi connectivity index (χ0v) is 17.3. The molecule has 1 aliphatic rings. The second-order valence-corrected chi connectivity index (χ2v) is 5.48. The molecule has 1 aliphatic carbocycles. The molecule has 0 aromatic carbocycles. The summed E-state index contributed by atoms with van der Waals surface area (Å²) in [6.45, 7) is -0.401. The summed E-state index contributed by atoms with van der Waals surface area (Å²) in [7, 11) is 5.02. The first kappa shape index (κ1) is 27.6. The van der Waals surface area contributed by atoms with Crippen molar-refractivity contribution >= 4 is 48.7 Å². The lowest BCUT2D eigenvalue weighted by Crippen LogP contribution is -2.44. The molecule has 0 aromatic rings. The van der Waals surface area contributed by atoms with Gasteiger partial charge in [-0.05, 0) is 6.42 Å². The highest BCUT2D eigenvalue weighted by molar-refractivity contribution is 5.85. The van der Waals surface area contributed by atoms with Gasteiger partial charge < -0.3 is 18.9 Å². The van der Waals surface area contributed by atoms with Gasteiger partial charge >= 0.3 is 23.9 Å². The van der Waals surface area contributed by atoms with E-state index in [1.54, 1.807) is 9.80 Å². The number of carbonyl (C=O) groups excluding carboxylic acids is 4. The first-order chi connectivity index (χ1) is 11.9. The fraction of sp³-hybridized carbons (Fsp3) is 0.733. The standard InChI is InChI=1S/C15H24N2O8.2ClH/c1-22-12(18)6-16(7-13(19)23-2)10-5-11(10)17(8-14(20)24-3)9-15(21)25-4;;/h10-11H,5-9H2,1-4H3;2*1H/t10-,11-;;/m1../s1. The summed E-state index contributed by atoms with van der Waals surface area (Å²) in [5, 5.41) is 0. The Morgan fingerprint density at radius 3 is 1.04 bits per heavy atom. The van der Waals surface area contributed by atoms with Crippen LogP contribution in [0.15, 0.2) is 0 Å². The molecule has 0 aliphatic heterocycles. The van der Waals surface area contributed by atoms with Crippen LogP contribution in [0.25, 0.3) is 0 Å². The molecular weight excluding hydrogens is 407 g/mol. The van der Waals surface area contributed by atoms with Crippen LogP contribution in [0, 0.1) is 0 Å². The number of methoxy groups -OCH3 is 4. The van der Waals surface area contributed by atoms with Gasteiger partial charge in [0.15, 0.2) is 0 Å². The molecule has 12 heteroatoms. The van der Waals surface area contributed by atoms with E-state index in [-0.39, 0.29) is 63.1 Å². The molecule has 0 N–H and O–H groups in total. The van der Waals surface area contributed by atoms with Crippen LogP contribution in [-0.2, 0) is 38.1 Å². The summed E-state index contributed by atoms with van der Waals surface area (Å²) in [6, 6.07) is -0.403. The number of esters is 4. The highest BCUT2D eigenvalue weighted by Gasteiger charge is 2.47. The Kier molecular flexibility index (Phi) is 13.8. The molecule has 0 aromatic heterocycles. The van der Waals surface area contributed by atoms with E-state index in [2.05, 4.69) is 18.9 Å². The molecule has 27 heavy (non-hydrogen) atoms. The van der Waals surface area contributed by atoms with E-state index in [1.165, 1.54) is 28.4 Å². The van der Waals surface area contributed by atoms with Crippen LogP contribution in [0.2, 0.25) is 0 Å². The van der Waals surface area contributed by atoms with E-state index in [0.29, 0.717) is 6.42 Å². The number of nitrogens with zero attached hydrogens (tertiary/aromatic N) is 2. The van der Waals surface area contributed by atoms with Crippen LogP contribution in [-0.4, -0.2) is 100 Å². The van der Waals surface area contributed by atoms with Crippen molar-refractivity contribution < 1.29 is 38.1 Å². The molecule has 0 radical (unpaired) electrons. The molecule has 0 heterocycles. The van der Waals surface area contributed by atoms with E-state index < -0.39 is 23.9 Å². The molecule has 0 spiro atoms. The van der Waals surface area contributed by atoms with Gasteiger partial charge in [0.2, 0.25) is 0 Å². The average Bonchev–Trinajstić information content (AvgIpc) is 3.40. The smallest absolute Gasteiger partial charge is 0.319 e. The second kappa shape index (κ2) is 13.5. The highest BCUT2D eigenvalue weighted by Crippen LogP contribution is 2.33. The van der Waals surface area contributed by atoms with Gasteiger partial charge in [0.1, 0.15) is 0 Å². The number of hydrogen-bond donors (Lipinski definition) is 0. The number of ether oxygens (including phenoxy) is 4. The number of halogens is 2. The van der Waals surface area contributed by atoms with Crippen molar-refractivity contribution in [1.29, 1.82) is 0 Å². The molecule has 0 saturated heterocycles. The topological polar surface area (TPSA) is 112 Å². The van der Waals surface area contributed by atoms with Crippen LogP contribution < -0.4 is 0 Å². The Balaban J connectivity index is 0. The van der Waals surface area contributed by atoms with E-state index >= 15 is 0 Å². The van der Waals surface area contributed by atoms with Gasteiger partial charge in [-0.1, -0.05) is 0 Å². The minimum absolute atomic E-state index is 0. The Hall–Kier alpha value is -1.62. The highest BCUT2D eigenvalue weighted by atomic mass is 35.5. The Morgan fingerprint density at radius 1 is 0.630 bits per heavy atom. The number of rotatable bonds is 10. The molecule has 0 bridgehead atoms. The minimum Gasteiger partial charge on any atom is -0.468 e. The van der Waals surface area contributed by atoms with Crippen molar-refractivity contribution in [2.24, 2.45) is 0 Å². The SMILES string of the molecule is COC(=O)CN(CC(=O)OC)[C@@H]1C[C@H]1N(CC(=O)OC)CC(=O)OC.Cl.Cl. The molecule has 0 amide bonds. The van der Waals surface area contributed by atoms with Gasteiger partial charge in [-0.3, -0.25) is 29.0 Å². The third-order valence-electron chi connectivity index (χ3n) is 3.90. The zero-order chi connectivity index (χ0) is 19.0. The summed E-state index contributed by atoms with van der Waals surface area (Å²) >= 11 is 0. The minimum atomic E-state index is -0.498. The first-order valence-electron chi connectivity index (χ1n) is 7.61. The molecule has 1 rings (SSSR count). The molecule has 10 nitrogen and oxygen atoms in total. The van der Waals surface area contributed by atoms with Crippen LogP contribution in [0.4, 0.5) is 0 Å². The predicted molar refractivity (Wildman–Crippen MR) is 97.9 cm³/mol. The van der Waals surface area contributed by atoms with E-state index in [4.69, 9.17) is 0 Å². The van der Waals surface area contributed by atoms with Gasteiger partial charge in [-0.15, -0.1) is 24.8 Å². The zero-order valence-electron chi connectivity index (χ0n) is 15.7. The summed E-state index contributed by atoms with van der Waals surface area (Å²) in [6.07, 6.45) is 0.571. The van der Waals surface area contributed by atoms with Crippen molar-refractivity contribution in [3.63, 3.8) is 0 Å². The molecule has 1 fully saturated rings. The van der Waals surface area contributed by atoms with E-state index in [9.17, 15) is 19.2 Å². The van der Waals surface area contributed by atoms with E-state index in [0.717, 1.165) is 0 Å². The van der Waals surface area contributed by atoms with Gasteiger partial charge in [-0.25, -0.2) is 0 Å². The Bertz CT molecular complexity index is 440. The maximum atomic E-state index is 11.6. The van der Waals surface area contributed by atoms with Crippen molar-refractivity contribution in [3.8, 4) is 0 Å². The molecule has 0 unspecified atom stereocenters. The van der Waals surface area contributed by atoms with Gasteiger partial charge in [0.25, 0.3) is 0 Å². The van der Waals surface area contributed by atoms with Gasteiger partial charge in [0.05, 0.1) is 54.6 Å². The predicted octanol–water partition coefficient (Wildman–Crippen LogP) is -0.733.